The van der Waals surface area contributed by atoms with Crippen LogP contribution in [0.5, 0.6) is 0 Å². The number of esters is 5. The van der Waals surface area contributed by atoms with Gasteiger partial charge in [0.25, 0.3) is 0 Å². The lowest BCUT2D eigenvalue weighted by Gasteiger charge is -2.31. The van der Waals surface area contributed by atoms with Gasteiger partial charge in [0, 0.05) is 107 Å². The standard InChI is InChI=1S/C27H50N4O10/c1-23(32)37-18-13-28(6)7-8-29(9-11-30(14-19-38-24(2)33)15-20-39-25(3)34)10-12-31(16-21-40-26(4)35)17-22-41-27(5)36/h7-22H2,1-6H3. The molecule has 0 rings (SSSR count). The average Bonchev–Trinajstić information content (AvgIpc) is 2.86. The molecule has 41 heavy (non-hydrogen) atoms. The first-order valence-corrected chi connectivity index (χ1v) is 13.9. The summed E-state index contributed by atoms with van der Waals surface area (Å²) >= 11 is 0. The maximum atomic E-state index is 11.2. The van der Waals surface area contributed by atoms with Crippen molar-refractivity contribution in [1.82, 2.24) is 19.6 Å². The maximum absolute atomic E-state index is 11.2. The maximum Gasteiger partial charge on any atom is 0.302 e. The lowest BCUT2D eigenvalue weighted by Crippen LogP contribution is -2.45. The summed E-state index contributed by atoms with van der Waals surface area (Å²) in [6, 6.07) is 0. The van der Waals surface area contributed by atoms with E-state index in [1.54, 1.807) is 0 Å². The number of carbonyl (C=O) groups excluding carboxylic acids is 5. The van der Waals surface area contributed by atoms with Crippen molar-refractivity contribution >= 4 is 29.8 Å². The molecule has 238 valence electrons. The second kappa shape index (κ2) is 23.9. The summed E-state index contributed by atoms with van der Waals surface area (Å²) in [7, 11) is 1.96. The van der Waals surface area contributed by atoms with Crippen LogP contribution in [0.1, 0.15) is 34.6 Å². The van der Waals surface area contributed by atoms with Crippen molar-refractivity contribution in [2.75, 3.05) is 112 Å². The highest BCUT2D eigenvalue weighted by molar-refractivity contribution is 5.67. The number of hydrogen-bond donors (Lipinski definition) is 0. The first kappa shape index (κ1) is 38.2. The molecule has 0 atom stereocenters. The summed E-state index contributed by atoms with van der Waals surface area (Å²) in [5.41, 5.74) is 0. The van der Waals surface area contributed by atoms with E-state index >= 15 is 0 Å². The minimum Gasteiger partial charge on any atom is -0.465 e. The molecule has 0 spiro atoms. The van der Waals surface area contributed by atoms with E-state index in [-0.39, 0.29) is 56.3 Å². The normalized spacial score (nSPS) is 11.2. The van der Waals surface area contributed by atoms with Gasteiger partial charge in [0.05, 0.1) is 0 Å². The molecule has 0 N–H and O–H groups in total. The zero-order valence-electron chi connectivity index (χ0n) is 25.7. The third kappa shape index (κ3) is 25.9. The Kier molecular flexibility index (Phi) is 22.2. The fourth-order valence-corrected chi connectivity index (χ4v) is 3.61. The van der Waals surface area contributed by atoms with Gasteiger partial charge in [-0.15, -0.1) is 0 Å². The third-order valence-electron chi connectivity index (χ3n) is 5.89. The van der Waals surface area contributed by atoms with E-state index in [1.807, 2.05) is 7.05 Å². The fraction of sp³-hybridized carbons (Fsp3) is 0.815. The molecule has 0 aliphatic rings. The van der Waals surface area contributed by atoms with Crippen LogP contribution in [0.2, 0.25) is 0 Å². The summed E-state index contributed by atoms with van der Waals surface area (Å²) in [5, 5.41) is 0. The Labute approximate surface area is 244 Å². The van der Waals surface area contributed by atoms with Crippen LogP contribution in [0.4, 0.5) is 0 Å². The minimum atomic E-state index is -0.356. The number of rotatable bonds is 24. The van der Waals surface area contributed by atoms with Crippen molar-refractivity contribution < 1.29 is 47.7 Å². The zero-order chi connectivity index (χ0) is 31.0. The van der Waals surface area contributed by atoms with Crippen molar-refractivity contribution in [2.24, 2.45) is 0 Å². The van der Waals surface area contributed by atoms with Gasteiger partial charge in [-0.2, -0.15) is 0 Å². The second-order valence-electron chi connectivity index (χ2n) is 9.53. The van der Waals surface area contributed by atoms with Crippen LogP contribution in [0.3, 0.4) is 0 Å². The third-order valence-corrected chi connectivity index (χ3v) is 5.89. The predicted molar refractivity (Wildman–Crippen MR) is 150 cm³/mol. The quantitative estimate of drug-likeness (QED) is 0.107. The Morgan fingerprint density at radius 3 is 0.854 bits per heavy atom. The molecule has 14 heteroatoms. The molecule has 0 saturated heterocycles. The molecule has 0 unspecified atom stereocenters. The van der Waals surface area contributed by atoms with Crippen molar-refractivity contribution in [3.8, 4) is 0 Å². The number of carbonyl (C=O) groups is 5. The van der Waals surface area contributed by atoms with Gasteiger partial charge in [0.1, 0.15) is 33.0 Å². The number of likely N-dealkylation sites (N-methyl/N-ethyl adjacent to an activating group) is 1. The van der Waals surface area contributed by atoms with Crippen molar-refractivity contribution in [2.45, 2.75) is 34.6 Å². The van der Waals surface area contributed by atoms with Gasteiger partial charge in [0.2, 0.25) is 0 Å². The fourth-order valence-electron chi connectivity index (χ4n) is 3.61. The largest absolute Gasteiger partial charge is 0.465 e. The van der Waals surface area contributed by atoms with Crippen LogP contribution in [-0.2, 0) is 47.7 Å². The molecular formula is C27H50N4O10. The Bertz CT molecular complexity index is 695. The molecule has 0 aromatic carbocycles. The van der Waals surface area contributed by atoms with Gasteiger partial charge in [-0.1, -0.05) is 0 Å². The highest BCUT2D eigenvalue weighted by Gasteiger charge is 2.15. The van der Waals surface area contributed by atoms with E-state index in [4.69, 9.17) is 23.7 Å². The number of hydrogen-bond acceptors (Lipinski definition) is 14. The molecule has 0 fully saturated rings. The van der Waals surface area contributed by atoms with Crippen molar-refractivity contribution in [3.05, 3.63) is 0 Å². The van der Waals surface area contributed by atoms with Crippen molar-refractivity contribution in [3.63, 3.8) is 0 Å². The van der Waals surface area contributed by atoms with E-state index in [2.05, 4.69) is 19.6 Å². The Morgan fingerprint density at radius 2 is 0.585 bits per heavy atom. The summed E-state index contributed by atoms with van der Waals surface area (Å²) in [5.74, 6) is -1.74. The van der Waals surface area contributed by atoms with E-state index in [0.29, 0.717) is 65.5 Å². The monoisotopic (exact) mass is 590 g/mol. The van der Waals surface area contributed by atoms with Crippen LogP contribution in [0, 0.1) is 0 Å². The van der Waals surface area contributed by atoms with Gasteiger partial charge in [-0.05, 0) is 7.05 Å². The molecule has 0 amide bonds. The van der Waals surface area contributed by atoms with Gasteiger partial charge in [-0.25, -0.2) is 0 Å². The molecular weight excluding hydrogens is 540 g/mol. The van der Waals surface area contributed by atoms with Gasteiger partial charge in [-0.3, -0.25) is 38.7 Å². The highest BCUT2D eigenvalue weighted by Crippen LogP contribution is 1.99. The Morgan fingerprint density at radius 1 is 0.366 bits per heavy atom. The molecule has 0 bridgehead atoms. The molecule has 0 aliphatic carbocycles. The molecule has 0 saturated carbocycles. The first-order valence-electron chi connectivity index (χ1n) is 13.9. The van der Waals surface area contributed by atoms with E-state index in [0.717, 1.165) is 13.1 Å². The van der Waals surface area contributed by atoms with Crippen LogP contribution >= 0.6 is 0 Å². The van der Waals surface area contributed by atoms with E-state index < -0.39 is 0 Å². The highest BCUT2D eigenvalue weighted by atomic mass is 16.5. The summed E-state index contributed by atoms with van der Waals surface area (Å²) in [6.45, 7) is 14.7. The predicted octanol–water partition coefficient (Wildman–Crippen LogP) is -0.360. The smallest absolute Gasteiger partial charge is 0.302 e. The molecule has 0 radical (unpaired) electrons. The number of ether oxygens (including phenoxy) is 5. The SMILES string of the molecule is CC(=O)OCCN(C)CCN(CCN(CCOC(C)=O)CCOC(C)=O)CCN(CCOC(C)=O)CCOC(C)=O. The second-order valence-corrected chi connectivity index (χ2v) is 9.53. The lowest BCUT2D eigenvalue weighted by molar-refractivity contribution is -0.143. The first-order chi connectivity index (χ1) is 19.4. The molecule has 0 aromatic heterocycles. The van der Waals surface area contributed by atoms with E-state index in [1.165, 1.54) is 34.6 Å². The zero-order valence-corrected chi connectivity index (χ0v) is 25.7. The molecule has 0 aliphatic heterocycles. The number of nitrogens with zero attached hydrogens (tertiary/aromatic N) is 4. The topological polar surface area (TPSA) is 144 Å². The van der Waals surface area contributed by atoms with Gasteiger partial charge < -0.3 is 28.6 Å². The minimum absolute atomic E-state index is 0.231. The molecule has 14 nitrogen and oxygen atoms in total. The summed E-state index contributed by atoms with van der Waals surface area (Å²) < 4.78 is 25.5. The van der Waals surface area contributed by atoms with Crippen LogP contribution in [-0.4, -0.2) is 162 Å². The van der Waals surface area contributed by atoms with Crippen molar-refractivity contribution in [1.29, 1.82) is 0 Å². The van der Waals surface area contributed by atoms with E-state index in [9.17, 15) is 24.0 Å². The average molecular weight is 591 g/mol. The summed E-state index contributed by atoms with van der Waals surface area (Å²) in [4.78, 5) is 64.4. The Hall–Kier alpha value is -2.81. The molecule has 0 heterocycles. The van der Waals surface area contributed by atoms with Gasteiger partial charge >= 0.3 is 29.8 Å². The van der Waals surface area contributed by atoms with Crippen LogP contribution < -0.4 is 0 Å². The van der Waals surface area contributed by atoms with Gasteiger partial charge in [0.15, 0.2) is 0 Å². The summed E-state index contributed by atoms with van der Waals surface area (Å²) in [6.07, 6.45) is 0. The van der Waals surface area contributed by atoms with Crippen LogP contribution in [0.15, 0.2) is 0 Å². The van der Waals surface area contributed by atoms with Crippen LogP contribution in [0.25, 0.3) is 0 Å². The lowest BCUT2D eigenvalue weighted by atomic mass is 10.3. The molecule has 0 aromatic rings. The Balaban J connectivity index is 5.27.